The Morgan fingerprint density at radius 3 is 2.61 bits per heavy atom. The second-order valence-corrected chi connectivity index (χ2v) is 4.70. The van der Waals surface area contributed by atoms with Crippen LogP contribution < -0.4 is 10.9 Å². The molecule has 1 saturated carbocycles. The van der Waals surface area contributed by atoms with Crippen LogP contribution in [-0.4, -0.2) is 12.1 Å². The van der Waals surface area contributed by atoms with Gasteiger partial charge in [-0.05, 0) is 31.0 Å². The van der Waals surface area contributed by atoms with Crippen molar-refractivity contribution in [2.75, 3.05) is 5.43 Å². The SMILES string of the molecule is O=C(NNc1ccc(Cl)cc1Cl)OC(=O)C1CC1. The molecule has 0 saturated heterocycles. The largest absolute Gasteiger partial charge is 0.433 e. The number of nitrogens with one attached hydrogen (secondary N) is 2. The standard InChI is InChI=1S/C11H10Cl2N2O3/c12-7-3-4-9(8(13)5-7)14-15-11(17)18-10(16)6-1-2-6/h3-6,14H,1-2H2,(H,15,17). The van der Waals surface area contributed by atoms with Gasteiger partial charge in [0.25, 0.3) is 0 Å². The molecule has 0 radical (unpaired) electrons. The van der Waals surface area contributed by atoms with Gasteiger partial charge >= 0.3 is 12.1 Å². The number of carbonyl (C=O) groups is 2. The van der Waals surface area contributed by atoms with E-state index in [4.69, 9.17) is 23.2 Å². The molecule has 1 aliphatic rings. The van der Waals surface area contributed by atoms with Gasteiger partial charge < -0.3 is 4.74 Å². The van der Waals surface area contributed by atoms with Gasteiger partial charge in [0.1, 0.15) is 0 Å². The first-order valence-corrected chi connectivity index (χ1v) is 6.04. The summed E-state index contributed by atoms with van der Waals surface area (Å²) in [4.78, 5) is 22.4. The monoisotopic (exact) mass is 288 g/mol. The molecule has 7 heteroatoms. The van der Waals surface area contributed by atoms with Gasteiger partial charge in [-0.15, -0.1) is 0 Å². The molecule has 0 heterocycles. The average molecular weight is 289 g/mol. The number of ether oxygens (including phenoxy) is 1. The van der Waals surface area contributed by atoms with E-state index < -0.39 is 12.1 Å². The Kier molecular flexibility index (Phi) is 3.93. The minimum Gasteiger partial charge on any atom is -0.375 e. The van der Waals surface area contributed by atoms with Crippen LogP contribution in [-0.2, 0) is 9.53 Å². The van der Waals surface area contributed by atoms with Crippen LogP contribution in [0.1, 0.15) is 12.8 Å². The number of amides is 1. The summed E-state index contributed by atoms with van der Waals surface area (Å²) >= 11 is 11.6. The van der Waals surface area contributed by atoms with Gasteiger partial charge in [-0.3, -0.25) is 10.2 Å². The minimum absolute atomic E-state index is 0.130. The lowest BCUT2D eigenvalue weighted by atomic mass is 10.3. The zero-order valence-electron chi connectivity index (χ0n) is 9.20. The molecule has 0 unspecified atom stereocenters. The molecule has 2 N–H and O–H groups in total. The maximum Gasteiger partial charge on any atom is 0.433 e. The van der Waals surface area contributed by atoms with Crippen LogP contribution in [0.15, 0.2) is 18.2 Å². The first-order chi connectivity index (χ1) is 8.56. The summed E-state index contributed by atoms with van der Waals surface area (Å²) in [5.74, 6) is -0.633. The molecule has 1 amide bonds. The van der Waals surface area contributed by atoms with Crippen molar-refractivity contribution < 1.29 is 14.3 Å². The van der Waals surface area contributed by atoms with Crippen molar-refractivity contribution in [1.82, 2.24) is 5.43 Å². The molecule has 2 rings (SSSR count). The van der Waals surface area contributed by atoms with Gasteiger partial charge in [-0.25, -0.2) is 10.2 Å². The van der Waals surface area contributed by atoms with Gasteiger partial charge in [-0.1, -0.05) is 23.2 Å². The van der Waals surface area contributed by atoms with E-state index in [9.17, 15) is 9.59 Å². The highest BCUT2D eigenvalue weighted by Crippen LogP contribution is 2.30. The van der Waals surface area contributed by atoms with Crippen molar-refractivity contribution in [2.24, 2.45) is 5.92 Å². The molecule has 1 aromatic carbocycles. The first-order valence-electron chi connectivity index (χ1n) is 5.29. The summed E-state index contributed by atoms with van der Waals surface area (Å²) in [5.41, 5.74) is 5.21. The van der Waals surface area contributed by atoms with E-state index >= 15 is 0 Å². The van der Waals surface area contributed by atoms with E-state index in [0.717, 1.165) is 12.8 Å². The summed E-state index contributed by atoms with van der Waals surface area (Å²) in [6.07, 6.45) is 0.698. The fourth-order valence-corrected chi connectivity index (χ4v) is 1.68. The summed E-state index contributed by atoms with van der Waals surface area (Å²) in [6.45, 7) is 0. The summed E-state index contributed by atoms with van der Waals surface area (Å²) in [5, 5.41) is 0.827. The van der Waals surface area contributed by atoms with Gasteiger partial charge in [-0.2, -0.15) is 0 Å². The van der Waals surface area contributed by atoms with Crippen molar-refractivity contribution >= 4 is 41.0 Å². The van der Waals surface area contributed by atoms with E-state index in [1.54, 1.807) is 12.1 Å². The van der Waals surface area contributed by atoms with Crippen LogP contribution >= 0.6 is 23.2 Å². The fraction of sp³-hybridized carbons (Fsp3) is 0.273. The van der Waals surface area contributed by atoms with Gasteiger partial charge in [0, 0.05) is 5.02 Å². The van der Waals surface area contributed by atoms with Crippen LogP contribution in [0.25, 0.3) is 0 Å². The lowest BCUT2D eigenvalue weighted by Crippen LogP contribution is -2.32. The summed E-state index contributed by atoms with van der Waals surface area (Å²) < 4.78 is 4.54. The Morgan fingerprint density at radius 2 is 2.00 bits per heavy atom. The fourth-order valence-electron chi connectivity index (χ4n) is 1.23. The quantitative estimate of drug-likeness (QED) is 0.510. The van der Waals surface area contributed by atoms with Crippen LogP contribution in [0.2, 0.25) is 10.0 Å². The van der Waals surface area contributed by atoms with E-state index in [2.05, 4.69) is 15.6 Å². The van der Waals surface area contributed by atoms with Gasteiger partial charge in [0.05, 0.1) is 16.6 Å². The number of carbonyl (C=O) groups excluding carboxylic acids is 2. The second kappa shape index (κ2) is 5.46. The molecule has 0 atom stereocenters. The number of hydrazine groups is 1. The number of anilines is 1. The lowest BCUT2D eigenvalue weighted by Gasteiger charge is -2.09. The molecule has 18 heavy (non-hydrogen) atoms. The molecule has 0 spiro atoms. The summed E-state index contributed by atoms with van der Waals surface area (Å²) in [7, 11) is 0. The normalized spacial score (nSPS) is 13.9. The molecule has 1 aromatic rings. The van der Waals surface area contributed by atoms with Crippen molar-refractivity contribution in [1.29, 1.82) is 0 Å². The Hall–Kier alpha value is -1.46. The second-order valence-electron chi connectivity index (χ2n) is 3.86. The van der Waals surface area contributed by atoms with Crippen molar-refractivity contribution in [3.05, 3.63) is 28.2 Å². The van der Waals surface area contributed by atoms with E-state index in [1.807, 2.05) is 0 Å². The summed E-state index contributed by atoms with van der Waals surface area (Å²) in [6, 6.07) is 4.72. The molecule has 0 aliphatic heterocycles. The first kappa shape index (κ1) is 13.0. The Balaban J connectivity index is 1.83. The number of rotatable bonds is 3. The molecular weight excluding hydrogens is 279 g/mol. The Morgan fingerprint density at radius 1 is 1.28 bits per heavy atom. The number of hydrogen-bond donors (Lipinski definition) is 2. The molecule has 1 aliphatic carbocycles. The van der Waals surface area contributed by atoms with Crippen LogP contribution in [0.4, 0.5) is 10.5 Å². The zero-order chi connectivity index (χ0) is 13.1. The molecular formula is C11H10Cl2N2O3. The van der Waals surface area contributed by atoms with Crippen LogP contribution in [0.3, 0.4) is 0 Å². The molecule has 0 bridgehead atoms. The minimum atomic E-state index is -0.863. The van der Waals surface area contributed by atoms with Crippen molar-refractivity contribution in [2.45, 2.75) is 12.8 Å². The molecule has 1 fully saturated rings. The van der Waals surface area contributed by atoms with Crippen LogP contribution in [0, 0.1) is 5.92 Å². The van der Waals surface area contributed by atoms with E-state index in [-0.39, 0.29) is 5.92 Å². The highest BCUT2D eigenvalue weighted by atomic mass is 35.5. The third-order valence-corrected chi connectivity index (χ3v) is 2.88. The third-order valence-electron chi connectivity index (χ3n) is 2.33. The van der Waals surface area contributed by atoms with E-state index in [0.29, 0.717) is 15.7 Å². The average Bonchev–Trinajstić information content (AvgIpc) is 3.11. The predicted molar refractivity (Wildman–Crippen MR) is 67.4 cm³/mol. The zero-order valence-corrected chi connectivity index (χ0v) is 10.7. The van der Waals surface area contributed by atoms with Gasteiger partial charge in [0.2, 0.25) is 0 Å². The maximum absolute atomic E-state index is 11.3. The van der Waals surface area contributed by atoms with Crippen LogP contribution in [0.5, 0.6) is 0 Å². The van der Waals surface area contributed by atoms with Crippen molar-refractivity contribution in [3.63, 3.8) is 0 Å². The Labute approximate surface area is 113 Å². The lowest BCUT2D eigenvalue weighted by molar-refractivity contribution is -0.138. The van der Waals surface area contributed by atoms with E-state index in [1.165, 1.54) is 6.07 Å². The molecule has 96 valence electrons. The number of esters is 1. The molecule has 5 nitrogen and oxygen atoms in total. The highest BCUT2D eigenvalue weighted by molar-refractivity contribution is 6.36. The maximum atomic E-state index is 11.3. The predicted octanol–water partition coefficient (Wildman–Crippen LogP) is 2.98. The van der Waals surface area contributed by atoms with Gasteiger partial charge in [0.15, 0.2) is 0 Å². The topological polar surface area (TPSA) is 67.4 Å². The third kappa shape index (κ3) is 3.51. The number of halogens is 2. The van der Waals surface area contributed by atoms with Crippen molar-refractivity contribution in [3.8, 4) is 0 Å². The Bertz CT molecular complexity index is 489. The molecule has 0 aromatic heterocycles. The number of hydrogen-bond acceptors (Lipinski definition) is 4. The smallest absolute Gasteiger partial charge is 0.375 e. The highest BCUT2D eigenvalue weighted by Gasteiger charge is 2.32. The number of benzene rings is 1.